The highest BCUT2D eigenvalue weighted by Gasteiger charge is 2.41. The van der Waals surface area contributed by atoms with E-state index in [4.69, 9.17) is 0 Å². The van der Waals surface area contributed by atoms with E-state index in [1.54, 1.807) is 6.92 Å². The van der Waals surface area contributed by atoms with Gasteiger partial charge in [-0.05, 0) is 13.0 Å². The molecule has 2 heterocycles. The average molecular weight is 288 g/mol. The van der Waals surface area contributed by atoms with Gasteiger partial charge in [-0.2, -0.15) is 13.2 Å². The second-order valence-electron chi connectivity index (χ2n) is 4.23. The zero-order chi connectivity index (χ0) is 15.1. The SMILES string of the molecule is COC(=O)c1cc(C(O)C(F)(F)F)c2nc(C)cn2c1. The molecule has 2 aromatic rings. The summed E-state index contributed by atoms with van der Waals surface area (Å²) in [5, 5.41) is 9.41. The van der Waals surface area contributed by atoms with Gasteiger partial charge in [-0.1, -0.05) is 0 Å². The molecule has 0 aliphatic rings. The van der Waals surface area contributed by atoms with Crippen molar-refractivity contribution in [2.45, 2.75) is 19.2 Å². The summed E-state index contributed by atoms with van der Waals surface area (Å²) in [4.78, 5) is 15.4. The van der Waals surface area contributed by atoms with Crippen LogP contribution in [0.1, 0.15) is 27.7 Å². The summed E-state index contributed by atoms with van der Waals surface area (Å²) in [5.41, 5.74) is -0.188. The first-order valence-electron chi connectivity index (χ1n) is 5.56. The number of aryl methyl sites for hydroxylation is 1. The molecule has 1 unspecified atom stereocenters. The molecule has 0 aliphatic carbocycles. The van der Waals surface area contributed by atoms with Crippen molar-refractivity contribution < 1.29 is 27.8 Å². The number of fused-ring (bicyclic) bond motifs is 1. The second-order valence-corrected chi connectivity index (χ2v) is 4.23. The number of halogens is 3. The van der Waals surface area contributed by atoms with E-state index in [0.29, 0.717) is 5.69 Å². The Morgan fingerprint density at radius 1 is 1.45 bits per heavy atom. The van der Waals surface area contributed by atoms with Gasteiger partial charge in [0.1, 0.15) is 5.65 Å². The van der Waals surface area contributed by atoms with Crippen molar-refractivity contribution >= 4 is 11.6 Å². The van der Waals surface area contributed by atoms with Crippen LogP contribution in [0.3, 0.4) is 0 Å². The Balaban J connectivity index is 2.69. The number of aliphatic hydroxyl groups is 1. The fourth-order valence-corrected chi connectivity index (χ4v) is 1.85. The minimum atomic E-state index is -4.85. The number of carbonyl (C=O) groups excluding carboxylic acids is 1. The van der Waals surface area contributed by atoms with Crippen LogP contribution in [0.5, 0.6) is 0 Å². The molecule has 2 rings (SSSR count). The first-order chi connectivity index (χ1) is 9.24. The summed E-state index contributed by atoms with van der Waals surface area (Å²) in [6, 6.07) is 0.936. The molecule has 0 aromatic carbocycles. The van der Waals surface area contributed by atoms with Gasteiger partial charge in [0.05, 0.1) is 18.4 Å². The molecule has 20 heavy (non-hydrogen) atoms. The van der Waals surface area contributed by atoms with Crippen molar-refractivity contribution in [1.82, 2.24) is 9.38 Å². The smallest absolute Gasteiger partial charge is 0.418 e. The number of pyridine rings is 1. The normalized spacial score (nSPS) is 13.5. The minimum absolute atomic E-state index is 0.0556. The van der Waals surface area contributed by atoms with Crippen LogP contribution in [0.4, 0.5) is 13.2 Å². The van der Waals surface area contributed by atoms with Crippen molar-refractivity contribution in [3.63, 3.8) is 0 Å². The third kappa shape index (κ3) is 2.46. The predicted molar refractivity (Wildman–Crippen MR) is 62.3 cm³/mol. The van der Waals surface area contributed by atoms with Gasteiger partial charge >= 0.3 is 12.1 Å². The summed E-state index contributed by atoms with van der Waals surface area (Å²) in [5.74, 6) is -0.797. The quantitative estimate of drug-likeness (QED) is 0.859. The van der Waals surface area contributed by atoms with Gasteiger partial charge in [0.25, 0.3) is 0 Å². The molecule has 2 aromatic heterocycles. The van der Waals surface area contributed by atoms with Crippen molar-refractivity contribution in [2.24, 2.45) is 0 Å². The van der Waals surface area contributed by atoms with Crippen LogP contribution in [0.15, 0.2) is 18.5 Å². The maximum absolute atomic E-state index is 12.7. The third-order valence-electron chi connectivity index (χ3n) is 2.73. The van der Waals surface area contributed by atoms with Gasteiger partial charge in [0.2, 0.25) is 0 Å². The highest BCUT2D eigenvalue weighted by Crippen LogP contribution is 2.34. The monoisotopic (exact) mass is 288 g/mol. The average Bonchev–Trinajstić information content (AvgIpc) is 2.74. The zero-order valence-corrected chi connectivity index (χ0v) is 10.6. The van der Waals surface area contributed by atoms with Crippen LogP contribution in [-0.4, -0.2) is 33.7 Å². The molecular weight excluding hydrogens is 277 g/mol. The molecule has 0 saturated heterocycles. The highest BCUT2D eigenvalue weighted by molar-refractivity contribution is 5.89. The number of aromatic nitrogens is 2. The first kappa shape index (κ1) is 14.3. The molecule has 0 aliphatic heterocycles. The standard InChI is InChI=1S/C12H11F3N2O3/c1-6-4-17-5-7(11(19)20-2)3-8(10(17)16-6)9(18)12(13,14)15/h3-5,9,18H,1-2H3. The summed E-state index contributed by atoms with van der Waals surface area (Å²) in [6.07, 6.45) is -4.83. The largest absolute Gasteiger partial charge is 0.465 e. The number of esters is 1. The number of methoxy groups -OCH3 is 1. The van der Waals surface area contributed by atoms with Gasteiger partial charge in [0.15, 0.2) is 6.10 Å². The van der Waals surface area contributed by atoms with Crippen molar-refractivity contribution in [1.29, 1.82) is 0 Å². The Morgan fingerprint density at radius 2 is 2.10 bits per heavy atom. The second kappa shape index (κ2) is 4.78. The maximum Gasteiger partial charge on any atom is 0.418 e. The van der Waals surface area contributed by atoms with E-state index in [2.05, 4.69) is 9.72 Å². The molecule has 0 fully saturated rings. The van der Waals surface area contributed by atoms with Crippen LogP contribution >= 0.6 is 0 Å². The highest BCUT2D eigenvalue weighted by atomic mass is 19.4. The van der Waals surface area contributed by atoms with Gasteiger partial charge in [-0.3, -0.25) is 0 Å². The molecule has 5 nitrogen and oxygen atoms in total. The molecule has 0 bridgehead atoms. The molecule has 1 N–H and O–H groups in total. The van der Waals surface area contributed by atoms with Gasteiger partial charge in [-0.25, -0.2) is 9.78 Å². The Morgan fingerprint density at radius 3 is 2.65 bits per heavy atom. The van der Waals surface area contributed by atoms with E-state index in [-0.39, 0.29) is 11.2 Å². The van der Waals surface area contributed by atoms with Crippen LogP contribution in [0, 0.1) is 6.92 Å². The summed E-state index contributed by atoms with van der Waals surface area (Å²) < 4.78 is 43.8. The summed E-state index contributed by atoms with van der Waals surface area (Å²) in [7, 11) is 1.12. The van der Waals surface area contributed by atoms with Crippen molar-refractivity contribution in [2.75, 3.05) is 7.11 Å². The molecule has 0 saturated carbocycles. The van der Waals surface area contributed by atoms with Gasteiger partial charge in [0, 0.05) is 18.0 Å². The molecule has 0 radical (unpaired) electrons. The number of ether oxygens (including phenoxy) is 1. The Labute approximate surface area is 111 Å². The van der Waals surface area contributed by atoms with E-state index in [9.17, 15) is 23.1 Å². The number of carbonyl (C=O) groups is 1. The fraction of sp³-hybridized carbons (Fsp3) is 0.333. The van der Waals surface area contributed by atoms with Crippen molar-refractivity contribution in [3.8, 4) is 0 Å². The van der Waals surface area contributed by atoms with Crippen LogP contribution in [0.2, 0.25) is 0 Å². The van der Waals surface area contributed by atoms with E-state index in [1.165, 1.54) is 16.8 Å². The zero-order valence-electron chi connectivity index (χ0n) is 10.6. The lowest BCUT2D eigenvalue weighted by Gasteiger charge is -2.16. The maximum atomic E-state index is 12.7. The number of rotatable bonds is 2. The fourth-order valence-electron chi connectivity index (χ4n) is 1.85. The molecule has 8 heteroatoms. The van der Waals surface area contributed by atoms with Gasteiger partial charge in [-0.15, -0.1) is 0 Å². The molecule has 0 spiro atoms. The number of hydrogen-bond donors (Lipinski definition) is 1. The van der Waals surface area contributed by atoms with Crippen LogP contribution in [0.25, 0.3) is 5.65 Å². The molecule has 108 valence electrons. The van der Waals surface area contributed by atoms with E-state index < -0.39 is 23.8 Å². The molecule has 0 amide bonds. The molecular formula is C12H11F3N2O3. The predicted octanol–water partition coefficient (Wildman–Crippen LogP) is 2.03. The van der Waals surface area contributed by atoms with E-state index in [1.807, 2.05) is 0 Å². The number of hydrogen-bond acceptors (Lipinski definition) is 4. The van der Waals surface area contributed by atoms with Crippen LogP contribution in [-0.2, 0) is 4.74 Å². The third-order valence-corrected chi connectivity index (χ3v) is 2.73. The molecule has 1 atom stereocenters. The van der Waals surface area contributed by atoms with E-state index >= 15 is 0 Å². The lowest BCUT2D eigenvalue weighted by atomic mass is 10.1. The van der Waals surface area contributed by atoms with Gasteiger partial charge < -0.3 is 14.2 Å². The number of nitrogens with zero attached hydrogens (tertiary/aromatic N) is 2. The Hall–Kier alpha value is -2.09. The number of imidazole rings is 1. The minimum Gasteiger partial charge on any atom is -0.465 e. The lowest BCUT2D eigenvalue weighted by molar-refractivity contribution is -0.206. The van der Waals surface area contributed by atoms with E-state index in [0.717, 1.165) is 13.2 Å². The summed E-state index contributed by atoms with van der Waals surface area (Å²) >= 11 is 0. The first-order valence-corrected chi connectivity index (χ1v) is 5.56. The number of alkyl halides is 3. The number of aliphatic hydroxyl groups excluding tert-OH is 1. The Bertz CT molecular complexity index is 664. The summed E-state index contributed by atoms with van der Waals surface area (Å²) in [6.45, 7) is 1.59. The Kier molecular flexibility index (Phi) is 3.43. The van der Waals surface area contributed by atoms with Crippen molar-refractivity contribution in [3.05, 3.63) is 35.3 Å². The lowest BCUT2D eigenvalue weighted by Crippen LogP contribution is -2.21. The van der Waals surface area contributed by atoms with Crippen LogP contribution < -0.4 is 0 Å². The topological polar surface area (TPSA) is 63.8 Å².